The third kappa shape index (κ3) is 5.20. The number of fused-ring (bicyclic) bond motifs is 1. The summed E-state index contributed by atoms with van der Waals surface area (Å²) < 4.78 is 43.5. The molecule has 7 nitrogen and oxygen atoms in total. The molecule has 0 radical (unpaired) electrons. The van der Waals surface area contributed by atoms with E-state index in [1.807, 2.05) is 72.4 Å². The molecular weight excluding hydrogens is 589 g/mol. The highest BCUT2D eigenvalue weighted by molar-refractivity contribution is 6.36. The van der Waals surface area contributed by atoms with Gasteiger partial charge in [0.1, 0.15) is 11.5 Å². The number of aryl methyl sites for hydroxylation is 1. The van der Waals surface area contributed by atoms with E-state index < -0.39 is 17.5 Å². The number of hydrogen-bond acceptors (Lipinski definition) is 5. The van der Waals surface area contributed by atoms with Gasteiger partial charge in [0.05, 0.1) is 28.8 Å². The van der Waals surface area contributed by atoms with Gasteiger partial charge in [0.2, 0.25) is 0 Å². The Balaban J connectivity index is 1.48. The molecule has 0 amide bonds. The van der Waals surface area contributed by atoms with Gasteiger partial charge in [-0.25, -0.2) is 9.97 Å². The second-order valence-corrected chi connectivity index (χ2v) is 11.2. The summed E-state index contributed by atoms with van der Waals surface area (Å²) in [6.45, 7) is 0. The number of hydrogen-bond donors (Lipinski definition) is 1. The SMILES string of the molecule is CN(C)c1nc2ccc(C(O)(c3ccc(C(F)(F)F)nc3)c3cncn3C)cc2c(Cl)c1Cc1ccc(-n2cccc2)cc1. The highest BCUT2D eigenvalue weighted by Gasteiger charge is 2.39. The Labute approximate surface area is 256 Å². The topological polar surface area (TPSA) is 72.0 Å². The molecule has 44 heavy (non-hydrogen) atoms. The normalized spacial score (nSPS) is 13.3. The fourth-order valence-electron chi connectivity index (χ4n) is 5.44. The van der Waals surface area contributed by atoms with Gasteiger partial charge < -0.3 is 19.1 Å². The first-order valence-corrected chi connectivity index (χ1v) is 14.1. The fourth-order valence-corrected chi connectivity index (χ4v) is 5.75. The van der Waals surface area contributed by atoms with Gasteiger partial charge in [-0.05, 0) is 53.6 Å². The largest absolute Gasteiger partial charge is 0.433 e. The number of benzene rings is 2. The number of alkyl halides is 3. The van der Waals surface area contributed by atoms with Crippen molar-refractivity contribution in [3.05, 3.63) is 137 Å². The van der Waals surface area contributed by atoms with Crippen LogP contribution in [0.2, 0.25) is 5.02 Å². The highest BCUT2D eigenvalue weighted by atomic mass is 35.5. The van der Waals surface area contributed by atoms with E-state index in [4.69, 9.17) is 16.6 Å². The number of nitrogens with zero attached hydrogens (tertiary/aromatic N) is 6. The van der Waals surface area contributed by atoms with Crippen molar-refractivity contribution in [2.45, 2.75) is 18.2 Å². The van der Waals surface area contributed by atoms with Gasteiger partial charge in [-0.2, -0.15) is 13.2 Å². The van der Waals surface area contributed by atoms with Crippen molar-refractivity contribution in [1.82, 2.24) is 24.1 Å². The van der Waals surface area contributed by atoms with Crippen LogP contribution in [0.25, 0.3) is 16.6 Å². The molecule has 1 unspecified atom stereocenters. The molecular formula is C33H28ClF3N6O. The first-order chi connectivity index (χ1) is 21.0. The van der Waals surface area contributed by atoms with Crippen LogP contribution < -0.4 is 4.90 Å². The van der Waals surface area contributed by atoms with E-state index in [9.17, 15) is 18.3 Å². The summed E-state index contributed by atoms with van der Waals surface area (Å²) >= 11 is 7.14. The molecule has 1 N–H and O–H groups in total. The molecule has 0 spiro atoms. The van der Waals surface area contributed by atoms with Crippen LogP contribution >= 0.6 is 11.6 Å². The standard InChI is InChI=1S/C33H28ClF3N6O/c1-41(2)31-26(16-21-6-10-24(11-7-21)43-14-4-5-15-43)30(34)25-17-22(8-12-27(25)40-31)32(44,29-19-38-20-42(29)3)23-9-13-28(39-18-23)33(35,36)37/h4-15,17-20,44H,16H2,1-3H3. The molecule has 0 aliphatic rings. The van der Waals surface area contributed by atoms with Crippen LogP contribution in [-0.4, -0.2) is 43.3 Å². The maximum Gasteiger partial charge on any atom is 0.433 e. The van der Waals surface area contributed by atoms with E-state index >= 15 is 0 Å². The zero-order valence-electron chi connectivity index (χ0n) is 24.1. The predicted octanol–water partition coefficient (Wildman–Crippen LogP) is 6.77. The molecule has 0 fully saturated rings. The van der Waals surface area contributed by atoms with Crippen LogP contribution in [0.5, 0.6) is 0 Å². The van der Waals surface area contributed by atoms with Gasteiger partial charge in [0, 0.05) is 68.4 Å². The highest BCUT2D eigenvalue weighted by Crippen LogP contribution is 2.41. The van der Waals surface area contributed by atoms with Crippen molar-refractivity contribution >= 4 is 28.3 Å². The van der Waals surface area contributed by atoms with Crippen LogP contribution in [0.1, 0.15) is 33.6 Å². The molecule has 0 saturated carbocycles. The van der Waals surface area contributed by atoms with Crippen molar-refractivity contribution < 1.29 is 18.3 Å². The van der Waals surface area contributed by atoms with Crippen LogP contribution in [0.3, 0.4) is 0 Å². The molecule has 1 atom stereocenters. The summed E-state index contributed by atoms with van der Waals surface area (Å²) in [6, 6.07) is 19.4. The van der Waals surface area contributed by atoms with Gasteiger partial charge in [-0.3, -0.25) is 4.98 Å². The van der Waals surface area contributed by atoms with E-state index in [0.29, 0.717) is 39.4 Å². The summed E-state index contributed by atoms with van der Waals surface area (Å²) in [4.78, 5) is 14.6. The second-order valence-electron chi connectivity index (χ2n) is 10.8. The number of aromatic nitrogens is 5. The monoisotopic (exact) mass is 616 g/mol. The predicted molar refractivity (Wildman–Crippen MR) is 164 cm³/mol. The minimum Gasteiger partial charge on any atom is -0.374 e. The zero-order valence-corrected chi connectivity index (χ0v) is 24.8. The summed E-state index contributed by atoms with van der Waals surface area (Å²) in [6.07, 6.45) is 3.87. The number of aliphatic hydroxyl groups is 1. The fraction of sp³-hybridized carbons (Fsp3) is 0.182. The summed E-state index contributed by atoms with van der Waals surface area (Å²) in [5.74, 6) is 0.707. The molecule has 0 aliphatic carbocycles. The van der Waals surface area contributed by atoms with Crippen LogP contribution in [0.4, 0.5) is 19.0 Å². The molecule has 0 saturated heterocycles. The maximum absolute atomic E-state index is 13.3. The lowest BCUT2D eigenvalue weighted by Gasteiger charge is -2.30. The number of imidazole rings is 1. The van der Waals surface area contributed by atoms with Crippen LogP contribution in [0, 0.1) is 0 Å². The zero-order chi connectivity index (χ0) is 31.2. The van der Waals surface area contributed by atoms with Gasteiger partial charge in [-0.15, -0.1) is 0 Å². The molecule has 6 aromatic rings. The number of rotatable bonds is 7. The molecule has 2 aromatic carbocycles. The third-order valence-electron chi connectivity index (χ3n) is 7.71. The summed E-state index contributed by atoms with van der Waals surface area (Å²) in [7, 11) is 5.50. The Morgan fingerprint density at radius 1 is 0.932 bits per heavy atom. The quantitative estimate of drug-likeness (QED) is 0.214. The Bertz CT molecular complexity index is 1930. The molecule has 11 heteroatoms. The smallest absolute Gasteiger partial charge is 0.374 e. The summed E-state index contributed by atoms with van der Waals surface area (Å²) in [5.41, 5.74) is 1.38. The van der Waals surface area contributed by atoms with Gasteiger partial charge in [0.15, 0.2) is 5.60 Å². The first kappa shape index (κ1) is 29.4. The van der Waals surface area contributed by atoms with E-state index in [-0.39, 0.29) is 5.56 Å². The Kier molecular flexibility index (Phi) is 7.43. The average Bonchev–Trinajstić information content (AvgIpc) is 3.70. The molecule has 0 bridgehead atoms. The van der Waals surface area contributed by atoms with Crippen molar-refractivity contribution in [3.8, 4) is 5.69 Å². The van der Waals surface area contributed by atoms with Crippen molar-refractivity contribution in [1.29, 1.82) is 0 Å². The number of halogens is 4. The van der Waals surface area contributed by atoms with Crippen molar-refractivity contribution in [3.63, 3.8) is 0 Å². The van der Waals surface area contributed by atoms with Crippen molar-refractivity contribution in [2.24, 2.45) is 7.05 Å². The first-order valence-electron chi connectivity index (χ1n) is 13.7. The van der Waals surface area contributed by atoms with E-state index in [2.05, 4.69) is 9.97 Å². The Morgan fingerprint density at radius 3 is 2.23 bits per heavy atom. The molecule has 224 valence electrons. The lowest BCUT2D eigenvalue weighted by molar-refractivity contribution is -0.141. The average molecular weight is 617 g/mol. The maximum atomic E-state index is 13.3. The lowest BCUT2D eigenvalue weighted by Crippen LogP contribution is -2.31. The Morgan fingerprint density at radius 2 is 1.64 bits per heavy atom. The second kappa shape index (κ2) is 11.1. The molecule has 4 aromatic heterocycles. The Hall–Kier alpha value is -4.67. The summed E-state index contributed by atoms with van der Waals surface area (Å²) in [5, 5.41) is 13.4. The molecule has 4 heterocycles. The van der Waals surface area contributed by atoms with Gasteiger partial charge >= 0.3 is 6.18 Å². The van der Waals surface area contributed by atoms with Crippen molar-refractivity contribution in [2.75, 3.05) is 19.0 Å². The molecule has 6 rings (SSSR count). The van der Waals surface area contributed by atoms with E-state index in [0.717, 1.165) is 29.1 Å². The van der Waals surface area contributed by atoms with Crippen LogP contribution in [0.15, 0.2) is 97.8 Å². The molecule has 0 aliphatic heterocycles. The minimum atomic E-state index is -4.62. The van der Waals surface area contributed by atoms with Gasteiger partial charge in [-0.1, -0.05) is 35.9 Å². The number of pyridine rings is 2. The van der Waals surface area contributed by atoms with E-state index in [1.165, 1.54) is 18.6 Å². The number of anilines is 1. The van der Waals surface area contributed by atoms with E-state index in [1.54, 1.807) is 29.8 Å². The van der Waals surface area contributed by atoms with Gasteiger partial charge in [0.25, 0.3) is 0 Å². The third-order valence-corrected chi connectivity index (χ3v) is 8.15. The van der Waals surface area contributed by atoms with Crippen LogP contribution in [-0.2, 0) is 25.2 Å². The lowest BCUT2D eigenvalue weighted by atomic mass is 9.83. The minimum absolute atomic E-state index is 0.144.